The SMILES string of the molecule is C[Si](C)(C)c1ccc(N(c2ccccc2)c2ccc3cc4c5c(cccc5c3c2)Oc2cc(N(c3ccccc3)c3ccccc3-c3ccccc3)ccc2-4)cc1. The lowest BCUT2D eigenvalue weighted by atomic mass is 9.90. The number of nitrogens with zero attached hydrogens (tertiary/aromatic N) is 2. The second-order valence-electron chi connectivity index (χ2n) is 15.8. The summed E-state index contributed by atoms with van der Waals surface area (Å²) in [6.45, 7) is 7.19. The van der Waals surface area contributed by atoms with Gasteiger partial charge in [0.2, 0.25) is 0 Å². The lowest BCUT2D eigenvalue weighted by molar-refractivity contribution is 0.487. The van der Waals surface area contributed by atoms with Crippen LogP contribution in [-0.4, -0.2) is 8.07 Å². The minimum atomic E-state index is -1.44. The van der Waals surface area contributed by atoms with Crippen LogP contribution in [0.15, 0.2) is 200 Å². The van der Waals surface area contributed by atoms with Gasteiger partial charge in [0, 0.05) is 51.0 Å². The second kappa shape index (κ2) is 14.0. The normalized spacial score (nSPS) is 11.9. The molecule has 274 valence electrons. The molecule has 0 saturated carbocycles. The lowest BCUT2D eigenvalue weighted by Gasteiger charge is -2.30. The topological polar surface area (TPSA) is 15.7 Å². The summed E-state index contributed by atoms with van der Waals surface area (Å²) in [4.78, 5) is 4.70. The van der Waals surface area contributed by atoms with E-state index in [-0.39, 0.29) is 0 Å². The fourth-order valence-electron chi connectivity index (χ4n) is 8.35. The highest BCUT2D eigenvalue weighted by Crippen LogP contribution is 2.51. The van der Waals surface area contributed by atoms with E-state index in [0.29, 0.717) is 0 Å². The first-order chi connectivity index (χ1) is 27.9. The molecule has 0 N–H and O–H groups in total. The fourth-order valence-corrected chi connectivity index (χ4v) is 9.51. The third kappa shape index (κ3) is 6.25. The summed E-state index contributed by atoms with van der Waals surface area (Å²) < 4.78 is 6.90. The van der Waals surface area contributed by atoms with Gasteiger partial charge in [0.15, 0.2) is 0 Å². The molecule has 9 aromatic carbocycles. The predicted molar refractivity (Wildman–Crippen MR) is 245 cm³/mol. The van der Waals surface area contributed by atoms with Gasteiger partial charge >= 0.3 is 0 Å². The van der Waals surface area contributed by atoms with E-state index in [4.69, 9.17) is 4.74 Å². The number of anilines is 6. The molecule has 0 aliphatic carbocycles. The largest absolute Gasteiger partial charge is 0.456 e. The first-order valence-corrected chi connectivity index (χ1v) is 23.2. The molecule has 0 bridgehead atoms. The first kappa shape index (κ1) is 34.6. The predicted octanol–water partition coefficient (Wildman–Crippen LogP) is 14.9. The lowest BCUT2D eigenvalue weighted by Crippen LogP contribution is -2.37. The van der Waals surface area contributed by atoms with Gasteiger partial charge in [-0.3, -0.25) is 0 Å². The summed E-state index contributed by atoms with van der Waals surface area (Å²) >= 11 is 0. The van der Waals surface area contributed by atoms with E-state index in [1.165, 1.54) is 32.5 Å². The van der Waals surface area contributed by atoms with Crippen LogP contribution in [0.4, 0.5) is 34.1 Å². The molecule has 1 aliphatic rings. The molecule has 0 saturated heterocycles. The standard InChI is InChI=1S/C53H42N2OSi/c1-57(2,3)44-31-28-41(29-32-44)54(39-18-9-5-10-19-39)42-27-26-38-34-49-46-33-30-43(36-52(46)56-51-25-15-23-47(53(49)51)48(38)35-42)55(40-20-11-6-12-21-40)50-24-14-13-22-45(50)37-16-7-4-8-17-37/h4-36H,1-3H3. The number of para-hydroxylation sites is 3. The van der Waals surface area contributed by atoms with E-state index in [2.05, 4.69) is 230 Å². The first-order valence-electron chi connectivity index (χ1n) is 19.7. The summed E-state index contributed by atoms with van der Waals surface area (Å²) in [5.74, 6) is 1.72. The smallest absolute Gasteiger partial charge is 0.137 e. The van der Waals surface area contributed by atoms with Crippen molar-refractivity contribution in [1.82, 2.24) is 0 Å². The monoisotopic (exact) mass is 750 g/mol. The van der Waals surface area contributed by atoms with E-state index >= 15 is 0 Å². The quantitative estimate of drug-likeness (QED) is 0.114. The van der Waals surface area contributed by atoms with E-state index in [1.54, 1.807) is 0 Å². The van der Waals surface area contributed by atoms with Crippen LogP contribution in [0.2, 0.25) is 19.6 Å². The molecule has 10 rings (SSSR count). The van der Waals surface area contributed by atoms with Crippen LogP contribution in [0.25, 0.3) is 43.8 Å². The maximum Gasteiger partial charge on any atom is 0.137 e. The molecule has 3 nitrogen and oxygen atoms in total. The van der Waals surface area contributed by atoms with Crippen LogP contribution < -0.4 is 19.7 Å². The van der Waals surface area contributed by atoms with E-state index < -0.39 is 8.07 Å². The van der Waals surface area contributed by atoms with Crippen LogP contribution in [0.3, 0.4) is 0 Å². The van der Waals surface area contributed by atoms with Gasteiger partial charge in [-0.1, -0.05) is 140 Å². The molecule has 9 aromatic rings. The Bertz CT molecular complexity index is 2900. The fraction of sp³-hybridized carbons (Fsp3) is 0.0566. The Morgan fingerprint density at radius 3 is 1.70 bits per heavy atom. The van der Waals surface area contributed by atoms with Crippen LogP contribution in [-0.2, 0) is 0 Å². The van der Waals surface area contributed by atoms with Gasteiger partial charge in [0.05, 0.1) is 13.8 Å². The summed E-state index contributed by atoms with van der Waals surface area (Å²) in [6, 6.07) is 72.1. The highest BCUT2D eigenvalue weighted by Gasteiger charge is 2.25. The van der Waals surface area contributed by atoms with Crippen LogP contribution >= 0.6 is 0 Å². The maximum absolute atomic E-state index is 6.90. The number of rotatable bonds is 8. The number of benzene rings is 9. The number of ether oxygens (including phenoxy) is 1. The minimum absolute atomic E-state index is 0.846. The number of fused-ring (bicyclic) bond motifs is 4. The summed E-state index contributed by atoms with van der Waals surface area (Å²) in [5, 5.41) is 6.17. The summed E-state index contributed by atoms with van der Waals surface area (Å²) in [7, 11) is -1.44. The molecular formula is C53H42N2OSi. The molecule has 1 heterocycles. The van der Waals surface area contributed by atoms with Gasteiger partial charge in [0.25, 0.3) is 0 Å². The van der Waals surface area contributed by atoms with Crippen LogP contribution in [0, 0.1) is 0 Å². The molecule has 4 heteroatoms. The number of hydrogen-bond acceptors (Lipinski definition) is 3. The molecule has 0 spiro atoms. The van der Waals surface area contributed by atoms with Gasteiger partial charge in [-0.15, -0.1) is 0 Å². The highest BCUT2D eigenvalue weighted by molar-refractivity contribution is 6.88. The molecule has 0 unspecified atom stereocenters. The minimum Gasteiger partial charge on any atom is -0.456 e. The van der Waals surface area contributed by atoms with Crippen molar-refractivity contribution >= 4 is 68.9 Å². The van der Waals surface area contributed by atoms with E-state index in [0.717, 1.165) is 62.1 Å². The average Bonchev–Trinajstić information content (AvgIpc) is 3.25. The summed E-state index contributed by atoms with van der Waals surface area (Å²) in [6.07, 6.45) is 0. The number of hydrogen-bond donors (Lipinski definition) is 0. The Hall–Kier alpha value is -6.88. The molecule has 57 heavy (non-hydrogen) atoms. The zero-order chi connectivity index (χ0) is 38.5. The third-order valence-corrected chi connectivity index (χ3v) is 13.2. The zero-order valence-corrected chi connectivity index (χ0v) is 33.4. The molecule has 0 radical (unpaired) electrons. The van der Waals surface area contributed by atoms with Crippen molar-refractivity contribution in [3.63, 3.8) is 0 Å². The Balaban J connectivity index is 1.10. The Morgan fingerprint density at radius 1 is 0.386 bits per heavy atom. The Morgan fingerprint density at radius 2 is 0.982 bits per heavy atom. The van der Waals surface area contributed by atoms with Gasteiger partial charge in [0.1, 0.15) is 11.5 Å². The van der Waals surface area contributed by atoms with Crippen LogP contribution in [0.1, 0.15) is 0 Å². The van der Waals surface area contributed by atoms with Crippen molar-refractivity contribution in [2.75, 3.05) is 9.80 Å². The van der Waals surface area contributed by atoms with Crippen molar-refractivity contribution in [2.45, 2.75) is 19.6 Å². The van der Waals surface area contributed by atoms with Crippen molar-refractivity contribution < 1.29 is 4.74 Å². The molecular weight excluding hydrogens is 709 g/mol. The molecule has 0 aromatic heterocycles. The molecule has 0 fully saturated rings. The van der Waals surface area contributed by atoms with Gasteiger partial charge < -0.3 is 14.5 Å². The van der Waals surface area contributed by atoms with Crippen molar-refractivity contribution in [3.05, 3.63) is 200 Å². The van der Waals surface area contributed by atoms with Gasteiger partial charge in [-0.2, -0.15) is 0 Å². The second-order valence-corrected chi connectivity index (χ2v) is 20.9. The molecule has 0 atom stereocenters. The highest BCUT2D eigenvalue weighted by atomic mass is 28.3. The summed E-state index contributed by atoms with van der Waals surface area (Å²) in [5.41, 5.74) is 11.2. The Labute approximate surface area is 335 Å². The van der Waals surface area contributed by atoms with Crippen molar-refractivity contribution in [1.29, 1.82) is 0 Å². The van der Waals surface area contributed by atoms with Crippen LogP contribution in [0.5, 0.6) is 11.5 Å². The zero-order valence-electron chi connectivity index (χ0n) is 32.4. The van der Waals surface area contributed by atoms with Gasteiger partial charge in [-0.05, 0) is 106 Å². The van der Waals surface area contributed by atoms with Gasteiger partial charge in [-0.25, -0.2) is 0 Å². The molecule has 1 aliphatic heterocycles. The third-order valence-electron chi connectivity index (χ3n) is 11.2. The van der Waals surface area contributed by atoms with Crippen molar-refractivity contribution in [3.8, 4) is 33.8 Å². The Kier molecular flexibility index (Phi) is 8.50. The average molecular weight is 751 g/mol. The van der Waals surface area contributed by atoms with E-state index in [1.807, 2.05) is 0 Å². The van der Waals surface area contributed by atoms with Crippen molar-refractivity contribution in [2.24, 2.45) is 0 Å². The molecule has 0 amide bonds. The maximum atomic E-state index is 6.90. The van der Waals surface area contributed by atoms with E-state index in [9.17, 15) is 0 Å².